The molecule has 1 aliphatic rings. The predicted molar refractivity (Wildman–Crippen MR) is 55.2 cm³/mol. The van der Waals surface area contributed by atoms with Crippen molar-refractivity contribution < 1.29 is 14.6 Å². The molecule has 2 heterocycles. The van der Waals surface area contributed by atoms with E-state index in [-0.39, 0.29) is 16.6 Å². The number of hydrogen-bond acceptors (Lipinski definition) is 4. The van der Waals surface area contributed by atoms with Gasteiger partial charge in [0.25, 0.3) is 0 Å². The Morgan fingerprint density at radius 2 is 2.25 bits per heavy atom. The lowest BCUT2D eigenvalue weighted by atomic mass is 10.3. The molecule has 6 nitrogen and oxygen atoms in total. The maximum absolute atomic E-state index is 11.5. The molecule has 7 heteroatoms. The third-order valence-corrected chi connectivity index (χ3v) is 2.59. The van der Waals surface area contributed by atoms with E-state index in [4.69, 9.17) is 21.4 Å². The largest absolute Gasteiger partial charge is 0.478 e. The molecule has 0 saturated carbocycles. The van der Waals surface area contributed by atoms with Crippen LogP contribution in [-0.2, 0) is 6.54 Å². The van der Waals surface area contributed by atoms with Crippen molar-refractivity contribution in [1.29, 1.82) is 0 Å². The van der Waals surface area contributed by atoms with Crippen molar-refractivity contribution in [2.75, 3.05) is 6.61 Å². The smallest absolute Gasteiger partial charge is 0.351 e. The second-order valence-corrected chi connectivity index (χ2v) is 3.74. The van der Waals surface area contributed by atoms with E-state index in [1.54, 1.807) is 0 Å². The van der Waals surface area contributed by atoms with Gasteiger partial charge in [-0.15, -0.1) is 0 Å². The highest BCUT2D eigenvalue weighted by molar-refractivity contribution is 6.32. The fourth-order valence-electron chi connectivity index (χ4n) is 1.58. The van der Waals surface area contributed by atoms with Gasteiger partial charge in [0.2, 0.25) is 5.88 Å². The number of ether oxygens (including phenoxy) is 1. The van der Waals surface area contributed by atoms with Gasteiger partial charge in [-0.2, -0.15) is 4.98 Å². The number of carboxylic acids is 1. The third-order valence-electron chi connectivity index (χ3n) is 2.32. The molecule has 0 amide bonds. The summed E-state index contributed by atoms with van der Waals surface area (Å²) in [5, 5.41) is 8.66. The van der Waals surface area contributed by atoms with E-state index in [1.165, 1.54) is 4.57 Å². The quantitative estimate of drug-likeness (QED) is 0.738. The van der Waals surface area contributed by atoms with Crippen LogP contribution in [0.5, 0.6) is 5.88 Å². The van der Waals surface area contributed by atoms with Crippen LogP contribution in [0.25, 0.3) is 0 Å². The van der Waals surface area contributed by atoms with Gasteiger partial charge in [0.1, 0.15) is 0 Å². The first-order valence-corrected chi connectivity index (χ1v) is 5.15. The van der Waals surface area contributed by atoms with Crippen LogP contribution in [0.15, 0.2) is 4.79 Å². The summed E-state index contributed by atoms with van der Waals surface area (Å²) in [5.74, 6) is -1.24. The molecule has 0 spiro atoms. The molecule has 86 valence electrons. The van der Waals surface area contributed by atoms with E-state index in [0.717, 1.165) is 12.8 Å². The van der Waals surface area contributed by atoms with E-state index >= 15 is 0 Å². The highest BCUT2D eigenvalue weighted by Gasteiger charge is 2.24. The van der Waals surface area contributed by atoms with Crippen LogP contribution in [0.3, 0.4) is 0 Å². The fraction of sp³-hybridized carbons (Fsp3) is 0.444. The molecule has 0 aliphatic carbocycles. The van der Waals surface area contributed by atoms with Crippen LogP contribution < -0.4 is 10.4 Å². The van der Waals surface area contributed by atoms with Gasteiger partial charge in [0.15, 0.2) is 10.7 Å². The lowest BCUT2D eigenvalue weighted by molar-refractivity contribution is 0.0690. The number of rotatable bonds is 1. The number of fused-ring (bicyclic) bond motifs is 1. The molecule has 1 aliphatic heterocycles. The summed E-state index contributed by atoms with van der Waals surface area (Å²) >= 11 is 5.63. The van der Waals surface area contributed by atoms with Gasteiger partial charge in [-0.05, 0) is 12.8 Å². The lowest BCUT2D eigenvalue weighted by Gasteiger charge is -2.11. The monoisotopic (exact) mass is 244 g/mol. The summed E-state index contributed by atoms with van der Waals surface area (Å²) < 4.78 is 6.47. The van der Waals surface area contributed by atoms with Gasteiger partial charge in [-0.1, -0.05) is 11.6 Å². The zero-order valence-corrected chi connectivity index (χ0v) is 9.03. The summed E-state index contributed by atoms with van der Waals surface area (Å²) in [6, 6.07) is 0. The van der Waals surface area contributed by atoms with Crippen molar-refractivity contribution in [1.82, 2.24) is 9.55 Å². The second kappa shape index (κ2) is 4.13. The molecular formula is C9H9ClN2O4. The van der Waals surface area contributed by atoms with Gasteiger partial charge < -0.3 is 9.84 Å². The maximum Gasteiger partial charge on any atom is 0.351 e. The Balaban J connectivity index is 2.70. The summed E-state index contributed by atoms with van der Waals surface area (Å²) in [7, 11) is 0. The standard InChI is InChI=1S/C9H9ClN2O4/c10-6-5(8(13)14)7-12(9(15)11-6)3-1-2-4-16-7/h1-4H2,(H,13,14). The van der Waals surface area contributed by atoms with Gasteiger partial charge in [0, 0.05) is 6.54 Å². The number of carboxylic acid groups (broad SMARTS) is 1. The Morgan fingerprint density at radius 3 is 2.94 bits per heavy atom. The lowest BCUT2D eigenvalue weighted by Crippen LogP contribution is -2.26. The number of halogens is 1. The zero-order chi connectivity index (χ0) is 11.7. The molecule has 16 heavy (non-hydrogen) atoms. The Labute approximate surface area is 95.4 Å². The normalized spacial score (nSPS) is 14.8. The van der Waals surface area contributed by atoms with Crippen LogP contribution in [0.2, 0.25) is 5.15 Å². The van der Waals surface area contributed by atoms with Crippen molar-refractivity contribution in [3.63, 3.8) is 0 Å². The molecule has 0 atom stereocenters. The number of aromatic nitrogens is 2. The van der Waals surface area contributed by atoms with Gasteiger partial charge in [-0.3, -0.25) is 4.57 Å². The minimum absolute atomic E-state index is 0.00926. The molecule has 0 fully saturated rings. The maximum atomic E-state index is 11.5. The fourth-order valence-corrected chi connectivity index (χ4v) is 1.81. The van der Waals surface area contributed by atoms with Gasteiger partial charge in [0.05, 0.1) is 6.61 Å². The van der Waals surface area contributed by atoms with E-state index in [2.05, 4.69) is 4.98 Å². The molecule has 0 aromatic carbocycles. The molecule has 0 unspecified atom stereocenters. The molecule has 0 bridgehead atoms. The summed E-state index contributed by atoms with van der Waals surface area (Å²) in [5.41, 5.74) is -0.824. The van der Waals surface area contributed by atoms with E-state index < -0.39 is 11.7 Å². The average molecular weight is 245 g/mol. The first-order valence-electron chi connectivity index (χ1n) is 4.77. The van der Waals surface area contributed by atoms with E-state index in [0.29, 0.717) is 13.2 Å². The first-order chi connectivity index (χ1) is 7.61. The van der Waals surface area contributed by atoms with Crippen LogP contribution >= 0.6 is 11.6 Å². The van der Waals surface area contributed by atoms with Crippen LogP contribution in [0.4, 0.5) is 0 Å². The van der Waals surface area contributed by atoms with Crippen molar-refractivity contribution in [2.45, 2.75) is 19.4 Å². The molecule has 2 rings (SSSR count). The highest BCUT2D eigenvalue weighted by Crippen LogP contribution is 2.25. The predicted octanol–water partition coefficient (Wildman–Crippen LogP) is 0.768. The summed E-state index contributed by atoms with van der Waals surface area (Å²) in [6.45, 7) is 0.776. The van der Waals surface area contributed by atoms with Crippen molar-refractivity contribution in [2.24, 2.45) is 0 Å². The summed E-state index contributed by atoms with van der Waals surface area (Å²) in [4.78, 5) is 26.0. The van der Waals surface area contributed by atoms with Crippen LogP contribution in [0, 0.1) is 0 Å². The van der Waals surface area contributed by atoms with Crippen LogP contribution in [-0.4, -0.2) is 27.2 Å². The number of carbonyl (C=O) groups is 1. The highest BCUT2D eigenvalue weighted by atomic mass is 35.5. The van der Waals surface area contributed by atoms with E-state index in [9.17, 15) is 9.59 Å². The second-order valence-electron chi connectivity index (χ2n) is 3.38. The van der Waals surface area contributed by atoms with Crippen LogP contribution in [0.1, 0.15) is 23.2 Å². The number of hydrogen-bond donors (Lipinski definition) is 1. The number of aromatic carboxylic acids is 1. The van der Waals surface area contributed by atoms with Gasteiger partial charge in [-0.25, -0.2) is 9.59 Å². The molecule has 0 saturated heterocycles. The molecule has 1 N–H and O–H groups in total. The molecular weight excluding hydrogens is 236 g/mol. The third kappa shape index (κ3) is 1.76. The molecule has 1 aromatic heterocycles. The topological polar surface area (TPSA) is 81.4 Å². The Kier molecular flexibility index (Phi) is 2.82. The molecule has 1 aromatic rings. The Morgan fingerprint density at radius 1 is 1.50 bits per heavy atom. The number of nitrogens with zero attached hydrogens (tertiary/aromatic N) is 2. The first kappa shape index (κ1) is 10.9. The van der Waals surface area contributed by atoms with Crippen molar-refractivity contribution in [3.05, 3.63) is 21.2 Å². The zero-order valence-electron chi connectivity index (χ0n) is 8.27. The minimum Gasteiger partial charge on any atom is -0.478 e. The van der Waals surface area contributed by atoms with Crippen molar-refractivity contribution >= 4 is 17.6 Å². The summed E-state index contributed by atoms with van der Waals surface area (Å²) in [6.07, 6.45) is 1.51. The SMILES string of the molecule is O=C(O)c1c(Cl)nc(=O)n2c1OCCCC2. The minimum atomic E-state index is -1.25. The van der Waals surface area contributed by atoms with Gasteiger partial charge >= 0.3 is 11.7 Å². The van der Waals surface area contributed by atoms with Crippen molar-refractivity contribution in [3.8, 4) is 5.88 Å². The Bertz CT molecular complexity index is 497. The van der Waals surface area contributed by atoms with E-state index in [1.807, 2.05) is 0 Å². The Hall–Kier alpha value is -1.56. The average Bonchev–Trinajstić information content (AvgIpc) is 2.42. The molecule has 0 radical (unpaired) electrons.